The van der Waals surface area contributed by atoms with E-state index in [1.807, 2.05) is 50.2 Å². The smallest absolute Gasteiger partial charge is 0.323 e. The highest BCUT2D eigenvalue weighted by Crippen LogP contribution is 2.29. The van der Waals surface area contributed by atoms with Gasteiger partial charge in [0.2, 0.25) is 0 Å². The van der Waals surface area contributed by atoms with Gasteiger partial charge >= 0.3 is 6.03 Å². The fraction of sp³-hybridized carbons (Fsp3) is 0.462. The maximum absolute atomic E-state index is 13.2. The number of nitrogens with one attached hydrogen (secondary N) is 3. The van der Waals surface area contributed by atoms with Crippen LogP contribution in [0.5, 0.6) is 0 Å². The lowest BCUT2D eigenvalue weighted by molar-refractivity contribution is 0.0928. The van der Waals surface area contributed by atoms with Crippen molar-refractivity contribution < 1.29 is 9.59 Å². The third-order valence-electron chi connectivity index (χ3n) is 6.74. The molecule has 0 spiro atoms. The molecule has 1 heterocycles. The lowest BCUT2D eigenvalue weighted by Crippen LogP contribution is -2.37. The predicted octanol–water partition coefficient (Wildman–Crippen LogP) is 5.61. The van der Waals surface area contributed by atoms with Crippen LogP contribution in [0.25, 0.3) is 0 Å². The van der Waals surface area contributed by atoms with E-state index in [2.05, 4.69) is 20.9 Å². The minimum atomic E-state index is -0.314. The zero-order chi connectivity index (χ0) is 22.5. The van der Waals surface area contributed by atoms with E-state index in [0.29, 0.717) is 11.3 Å². The highest BCUT2D eigenvalue weighted by molar-refractivity contribution is 6.04. The topological polar surface area (TPSA) is 73.5 Å². The Kier molecular flexibility index (Phi) is 6.98. The SMILES string of the molecule is Cc1cccc(NC(=O)Nc2ccc(N3CCCC3)c(C(=O)NC3CCCCC3)c2)c1C. The first-order chi connectivity index (χ1) is 15.5. The minimum absolute atomic E-state index is 0.0441. The summed E-state index contributed by atoms with van der Waals surface area (Å²) in [6.45, 7) is 5.93. The maximum atomic E-state index is 13.2. The monoisotopic (exact) mass is 434 g/mol. The largest absolute Gasteiger partial charge is 0.371 e. The third kappa shape index (κ3) is 5.23. The molecule has 6 nitrogen and oxygen atoms in total. The van der Waals surface area contributed by atoms with Crippen molar-refractivity contribution in [1.82, 2.24) is 5.32 Å². The molecule has 2 aliphatic rings. The first-order valence-corrected chi connectivity index (χ1v) is 11.9. The first kappa shape index (κ1) is 22.2. The van der Waals surface area contributed by atoms with Gasteiger partial charge in [-0.1, -0.05) is 31.4 Å². The van der Waals surface area contributed by atoms with Gasteiger partial charge in [-0.15, -0.1) is 0 Å². The molecule has 2 aromatic carbocycles. The molecular weight excluding hydrogens is 400 g/mol. The van der Waals surface area contributed by atoms with E-state index in [1.165, 1.54) is 19.3 Å². The Bertz CT molecular complexity index is 976. The van der Waals surface area contributed by atoms with E-state index in [4.69, 9.17) is 0 Å². The predicted molar refractivity (Wildman–Crippen MR) is 131 cm³/mol. The molecule has 0 unspecified atom stereocenters. The van der Waals surface area contributed by atoms with Crippen molar-refractivity contribution in [2.24, 2.45) is 0 Å². The fourth-order valence-electron chi connectivity index (χ4n) is 4.71. The molecule has 0 bridgehead atoms. The molecule has 6 heteroatoms. The van der Waals surface area contributed by atoms with Gasteiger partial charge in [0, 0.05) is 36.2 Å². The molecule has 170 valence electrons. The lowest BCUT2D eigenvalue weighted by atomic mass is 9.95. The lowest BCUT2D eigenvalue weighted by Gasteiger charge is -2.26. The number of rotatable bonds is 5. The zero-order valence-electron chi connectivity index (χ0n) is 19.2. The van der Waals surface area contributed by atoms with E-state index in [9.17, 15) is 9.59 Å². The number of anilines is 3. The normalized spacial score (nSPS) is 16.6. The number of hydrogen-bond donors (Lipinski definition) is 3. The van der Waals surface area contributed by atoms with Gasteiger partial charge in [-0.2, -0.15) is 0 Å². The van der Waals surface area contributed by atoms with Crippen LogP contribution in [0.15, 0.2) is 36.4 Å². The first-order valence-electron chi connectivity index (χ1n) is 11.9. The van der Waals surface area contributed by atoms with Crippen LogP contribution in [-0.4, -0.2) is 31.1 Å². The number of carbonyl (C=O) groups excluding carboxylic acids is 2. The Morgan fingerprint density at radius 1 is 0.906 bits per heavy atom. The van der Waals surface area contributed by atoms with Gasteiger partial charge in [0.15, 0.2) is 0 Å². The second-order valence-corrected chi connectivity index (χ2v) is 9.06. The number of hydrogen-bond acceptors (Lipinski definition) is 3. The summed E-state index contributed by atoms with van der Waals surface area (Å²) in [5.41, 5.74) is 5.16. The van der Waals surface area contributed by atoms with Gasteiger partial charge in [-0.3, -0.25) is 4.79 Å². The van der Waals surface area contributed by atoms with E-state index in [1.54, 1.807) is 0 Å². The molecule has 1 aliphatic heterocycles. The fourth-order valence-corrected chi connectivity index (χ4v) is 4.71. The Morgan fingerprint density at radius 2 is 1.66 bits per heavy atom. The van der Waals surface area contributed by atoms with E-state index in [-0.39, 0.29) is 18.0 Å². The summed E-state index contributed by atoms with van der Waals surface area (Å²) in [5.74, 6) is -0.0441. The number of aryl methyl sites for hydroxylation is 1. The molecule has 3 amide bonds. The number of carbonyl (C=O) groups is 2. The van der Waals surface area contributed by atoms with Crippen LogP contribution in [0.3, 0.4) is 0 Å². The Hall–Kier alpha value is -3.02. The number of benzene rings is 2. The molecule has 32 heavy (non-hydrogen) atoms. The van der Waals surface area contributed by atoms with Crippen molar-refractivity contribution in [3.05, 3.63) is 53.1 Å². The quantitative estimate of drug-likeness (QED) is 0.573. The van der Waals surface area contributed by atoms with Crippen molar-refractivity contribution in [3.63, 3.8) is 0 Å². The van der Waals surface area contributed by atoms with Gasteiger partial charge in [-0.25, -0.2) is 4.79 Å². The third-order valence-corrected chi connectivity index (χ3v) is 6.74. The molecule has 3 N–H and O–H groups in total. The van der Waals surface area contributed by atoms with Crippen LogP contribution in [0, 0.1) is 13.8 Å². The molecule has 0 radical (unpaired) electrons. The van der Waals surface area contributed by atoms with Gasteiger partial charge < -0.3 is 20.9 Å². The van der Waals surface area contributed by atoms with E-state index >= 15 is 0 Å². The number of nitrogens with zero attached hydrogens (tertiary/aromatic N) is 1. The number of amides is 3. The highest BCUT2D eigenvalue weighted by Gasteiger charge is 2.23. The van der Waals surface area contributed by atoms with Crippen molar-refractivity contribution >= 4 is 29.0 Å². The molecule has 1 aliphatic carbocycles. The van der Waals surface area contributed by atoms with Gasteiger partial charge in [0.25, 0.3) is 5.91 Å². The molecule has 1 saturated heterocycles. The Morgan fingerprint density at radius 3 is 2.41 bits per heavy atom. The average Bonchev–Trinajstić information content (AvgIpc) is 3.32. The van der Waals surface area contributed by atoms with Crippen molar-refractivity contribution in [2.75, 3.05) is 28.6 Å². The average molecular weight is 435 g/mol. The van der Waals surface area contributed by atoms with Crippen molar-refractivity contribution in [2.45, 2.75) is 64.8 Å². The summed E-state index contributed by atoms with van der Waals surface area (Å²) in [4.78, 5) is 28.2. The van der Waals surface area contributed by atoms with Gasteiger partial charge in [0.05, 0.1) is 5.56 Å². The molecule has 2 fully saturated rings. The van der Waals surface area contributed by atoms with E-state index < -0.39 is 0 Å². The maximum Gasteiger partial charge on any atom is 0.323 e. The zero-order valence-corrected chi connectivity index (χ0v) is 19.2. The summed E-state index contributed by atoms with van der Waals surface area (Å²) in [7, 11) is 0. The highest BCUT2D eigenvalue weighted by atomic mass is 16.2. The van der Waals surface area contributed by atoms with Gasteiger partial charge in [0.1, 0.15) is 0 Å². The Labute approximate surface area is 190 Å². The van der Waals surface area contributed by atoms with Crippen LogP contribution in [0.2, 0.25) is 0 Å². The summed E-state index contributed by atoms with van der Waals surface area (Å²) in [5, 5.41) is 9.07. The summed E-state index contributed by atoms with van der Waals surface area (Å²) < 4.78 is 0. The Balaban J connectivity index is 1.52. The van der Waals surface area contributed by atoms with Crippen molar-refractivity contribution in [3.8, 4) is 0 Å². The molecule has 2 aromatic rings. The van der Waals surface area contributed by atoms with Crippen LogP contribution in [0.4, 0.5) is 21.9 Å². The second kappa shape index (κ2) is 10.1. The van der Waals surface area contributed by atoms with Gasteiger partial charge in [-0.05, 0) is 74.9 Å². The molecule has 1 saturated carbocycles. The molecule has 0 aromatic heterocycles. The van der Waals surface area contributed by atoms with Crippen LogP contribution in [-0.2, 0) is 0 Å². The summed E-state index contributed by atoms with van der Waals surface area (Å²) >= 11 is 0. The molecular formula is C26H34N4O2. The summed E-state index contributed by atoms with van der Waals surface area (Å²) in [6, 6.07) is 11.4. The van der Waals surface area contributed by atoms with Crippen LogP contribution < -0.4 is 20.9 Å². The second-order valence-electron chi connectivity index (χ2n) is 9.06. The minimum Gasteiger partial charge on any atom is -0.371 e. The van der Waals surface area contributed by atoms with Crippen LogP contribution >= 0.6 is 0 Å². The molecule has 0 atom stereocenters. The standard InChI is InChI=1S/C26H34N4O2/c1-18-9-8-12-23(19(18)2)29-26(32)28-21-13-14-24(30-15-6-7-16-30)22(17-21)25(31)27-20-10-4-3-5-11-20/h8-9,12-14,17,20H,3-7,10-11,15-16H2,1-2H3,(H,27,31)(H2,28,29,32). The van der Waals surface area contributed by atoms with Crippen LogP contribution in [0.1, 0.15) is 66.4 Å². The number of urea groups is 1. The van der Waals surface area contributed by atoms with E-state index in [0.717, 1.165) is 61.3 Å². The van der Waals surface area contributed by atoms with Crippen molar-refractivity contribution in [1.29, 1.82) is 0 Å². The summed E-state index contributed by atoms with van der Waals surface area (Å²) in [6.07, 6.45) is 7.96. The molecule has 4 rings (SSSR count).